The highest BCUT2D eigenvalue weighted by molar-refractivity contribution is 5.90. The van der Waals surface area contributed by atoms with Crippen molar-refractivity contribution in [1.29, 1.82) is 0 Å². The fourth-order valence-electron chi connectivity index (χ4n) is 3.23. The molecule has 1 fully saturated rings. The molecule has 1 aliphatic heterocycles. The number of aryl methyl sites for hydroxylation is 1. The summed E-state index contributed by atoms with van der Waals surface area (Å²) in [5.41, 5.74) is 2.68. The average molecular weight is 259 g/mol. The highest BCUT2D eigenvalue weighted by Gasteiger charge is 2.44. The lowest BCUT2D eigenvalue weighted by atomic mass is 9.70. The van der Waals surface area contributed by atoms with Gasteiger partial charge in [0.05, 0.1) is 18.1 Å². The number of hydrogen-bond donors (Lipinski definition) is 1. The minimum absolute atomic E-state index is 0.168. The summed E-state index contributed by atoms with van der Waals surface area (Å²) in [5, 5.41) is 2.93. The molecule has 1 N–H and O–H groups in total. The lowest BCUT2D eigenvalue weighted by molar-refractivity contribution is -0.128. The number of esters is 1. The summed E-state index contributed by atoms with van der Waals surface area (Å²) >= 11 is 0. The van der Waals surface area contributed by atoms with E-state index in [-0.39, 0.29) is 17.3 Å². The van der Waals surface area contributed by atoms with Crippen LogP contribution in [-0.2, 0) is 22.4 Å². The normalized spacial score (nSPS) is 25.0. The smallest absolute Gasteiger partial charge is 0.337 e. The number of hydrogen-bond acceptors (Lipinski definition) is 3. The third-order valence-corrected chi connectivity index (χ3v) is 4.40. The van der Waals surface area contributed by atoms with Crippen molar-refractivity contribution < 1.29 is 14.3 Å². The van der Waals surface area contributed by atoms with Gasteiger partial charge in [0.25, 0.3) is 0 Å². The Hall–Kier alpha value is -1.84. The highest BCUT2D eigenvalue weighted by atomic mass is 16.5. The number of amides is 1. The van der Waals surface area contributed by atoms with E-state index in [4.69, 9.17) is 4.74 Å². The molecule has 4 nitrogen and oxygen atoms in total. The molecular weight excluding hydrogens is 242 g/mol. The molecule has 1 aliphatic carbocycles. The Labute approximate surface area is 112 Å². The van der Waals surface area contributed by atoms with Gasteiger partial charge in [0, 0.05) is 6.54 Å². The van der Waals surface area contributed by atoms with E-state index in [0.29, 0.717) is 5.56 Å². The van der Waals surface area contributed by atoms with Crippen LogP contribution >= 0.6 is 0 Å². The van der Waals surface area contributed by atoms with Gasteiger partial charge in [-0.15, -0.1) is 0 Å². The summed E-state index contributed by atoms with van der Waals surface area (Å²) in [5.74, 6) is -0.153. The quantitative estimate of drug-likeness (QED) is 0.777. The Bertz CT molecular complexity index is 552. The van der Waals surface area contributed by atoms with Gasteiger partial charge in [-0.25, -0.2) is 4.79 Å². The molecule has 0 bridgehead atoms. The predicted octanol–water partition coefficient (Wildman–Crippen LogP) is 1.47. The van der Waals surface area contributed by atoms with E-state index < -0.39 is 0 Å². The van der Waals surface area contributed by atoms with Crippen LogP contribution < -0.4 is 5.32 Å². The average Bonchev–Trinajstić information content (AvgIpc) is 2.78. The zero-order valence-corrected chi connectivity index (χ0v) is 11.0. The molecule has 1 aromatic rings. The van der Waals surface area contributed by atoms with Crippen molar-refractivity contribution in [3.63, 3.8) is 0 Å². The Balaban J connectivity index is 1.95. The van der Waals surface area contributed by atoms with E-state index in [9.17, 15) is 9.59 Å². The highest BCUT2D eigenvalue weighted by Crippen LogP contribution is 2.41. The fraction of sp³-hybridized carbons (Fsp3) is 0.467. The Morgan fingerprint density at radius 1 is 1.32 bits per heavy atom. The van der Waals surface area contributed by atoms with Crippen molar-refractivity contribution >= 4 is 11.9 Å². The third kappa shape index (κ3) is 1.91. The SMILES string of the molecule is COC(=O)c1ccc2c(c1)C[C@@]1(CCNC1=O)CC2. The summed E-state index contributed by atoms with van der Waals surface area (Å²) < 4.78 is 4.75. The topological polar surface area (TPSA) is 55.4 Å². The second-order valence-electron chi connectivity index (χ2n) is 5.44. The van der Waals surface area contributed by atoms with Crippen molar-refractivity contribution in [2.75, 3.05) is 13.7 Å². The van der Waals surface area contributed by atoms with E-state index >= 15 is 0 Å². The largest absolute Gasteiger partial charge is 0.465 e. The monoisotopic (exact) mass is 259 g/mol. The Kier molecular flexibility index (Phi) is 2.81. The standard InChI is InChI=1S/C15H17NO3/c1-19-13(17)11-3-2-10-4-5-15(9-12(10)8-11)6-7-16-14(15)18/h2-3,8H,4-7,9H2,1H3,(H,16,18)/t15-/m0/s1. The molecule has 3 rings (SSSR count). The first-order chi connectivity index (χ1) is 9.14. The van der Waals surface area contributed by atoms with Crippen molar-refractivity contribution in [2.45, 2.75) is 25.7 Å². The maximum atomic E-state index is 12.0. The Morgan fingerprint density at radius 2 is 2.16 bits per heavy atom. The summed E-state index contributed by atoms with van der Waals surface area (Å²) in [6, 6.07) is 5.67. The number of ether oxygens (including phenoxy) is 1. The van der Waals surface area contributed by atoms with Crippen LogP contribution in [0, 0.1) is 5.41 Å². The van der Waals surface area contributed by atoms with Crippen LogP contribution in [0.3, 0.4) is 0 Å². The second-order valence-corrected chi connectivity index (χ2v) is 5.44. The number of benzene rings is 1. The number of fused-ring (bicyclic) bond motifs is 1. The van der Waals surface area contributed by atoms with Crippen LogP contribution in [0.15, 0.2) is 18.2 Å². The fourth-order valence-corrected chi connectivity index (χ4v) is 3.23. The number of methoxy groups -OCH3 is 1. The molecule has 1 aromatic carbocycles. The van der Waals surface area contributed by atoms with Crippen LogP contribution in [0.2, 0.25) is 0 Å². The zero-order chi connectivity index (χ0) is 13.5. The first-order valence-corrected chi connectivity index (χ1v) is 6.63. The lowest BCUT2D eigenvalue weighted by Gasteiger charge is -2.32. The molecule has 1 atom stereocenters. The number of carbonyl (C=O) groups is 2. The van der Waals surface area contributed by atoms with Crippen LogP contribution in [0.4, 0.5) is 0 Å². The van der Waals surface area contributed by atoms with Crippen molar-refractivity contribution in [2.24, 2.45) is 5.41 Å². The molecule has 1 amide bonds. The van der Waals surface area contributed by atoms with Gasteiger partial charge in [-0.2, -0.15) is 0 Å². The van der Waals surface area contributed by atoms with Gasteiger partial charge in [-0.05, 0) is 48.9 Å². The number of nitrogens with one attached hydrogen (secondary N) is 1. The summed E-state index contributed by atoms with van der Waals surface area (Å²) in [7, 11) is 1.38. The van der Waals surface area contributed by atoms with Gasteiger partial charge >= 0.3 is 5.97 Å². The van der Waals surface area contributed by atoms with Gasteiger partial charge in [0.1, 0.15) is 0 Å². The summed E-state index contributed by atoms with van der Waals surface area (Å²) in [4.78, 5) is 23.6. The first-order valence-electron chi connectivity index (χ1n) is 6.63. The maximum absolute atomic E-state index is 12.0. The lowest BCUT2D eigenvalue weighted by Crippen LogP contribution is -2.36. The molecule has 2 aliphatic rings. The van der Waals surface area contributed by atoms with E-state index in [1.54, 1.807) is 6.07 Å². The molecule has 0 unspecified atom stereocenters. The second kappa shape index (κ2) is 4.37. The van der Waals surface area contributed by atoms with E-state index in [0.717, 1.165) is 37.8 Å². The molecule has 0 saturated carbocycles. The van der Waals surface area contributed by atoms with E-state index in [2.05, 4.69) is 5.32 Å². The van der Waals surface area contributed by atoms with Crippen LogP contribution in [0.5, 0.6) is 0 Å². The van der Waals surface area contributed by atoms with Gasteiger partial charge in [0.15, 0.2) is 0 Å². The molecule has 19 heavy (non-hydrogen) atoms. The molecule has 1 saturated heterocycles. The number of rotatable bonds is 1. The minimum atomic E-state index is -0.321. The summed E-state index contributed by atoms with van der Waals surface area (Å²) in [6.07, 6.45) is 3.44. The minimum Gasteiger partial charge on any atom is -0.465 e. The van der Waals surface area contributed by atoms with Crippen molar-refractivity contribution in [1.82, 2.24) is 5.32 Å². The van der Waals surface area contributed by atoms with E-state index in [1.165, 1.54) is 12.7 Å². The van der Waals surface area contributed by atoms with E-state index in [1.807, 2.05) is 12.1 Å². The molecule has 0 radical (unpaired) electrons. The van der Waals surface area contributed by atoms with Crippen LogP contribution in [0.1, 0.15) is 34.3 Å². The molecule has 100 valence electrons. The van der Waals surface area contributed by atoms with Gasteiger partial charge < -0.3 is 10.1 Å². The predicted molar refractivity (Wildman–Crippen MR) is 69.9 cm³/mol. The van der Waals surface area contributed by atoms with Crippen molar-refractivity contribution in [3.05, 3.63) is 34.9 Å². The Morgan fingerprint density at radius 3 is 2.84 bits per heavy atom. The summed E-state index contributed by atoms with van der Waals surface area (Å²) in [6.45, 7) is 0.769. The van der Waals surface area contributed by atoms with Gasteiger partial charge in [-0.1, -0.05) is 6.07 Å². The number of carbonyl (C=O) groups excluding carboxylic acids is 2. The van der Waals surface area contributed by atoms with Crippen molar-refractivity contribution in [3.8, 4) is 0 Å². The maximum Gasteiger partial charge on any atom is 0.337 e. The zero-order valence-electron chi connectivity index (χ0n) is 11.0. The first kappa shape index (κ1) is 12.2. The van der Waals surface area contributed by atoms with Crippen LogP contribution in [-0.4, -0.2) is 25.5 Å². The third-order valence-electron chi connectivity index (χ3n) is 4.40. The molecule has 4 heteroatoms. The molecule has 0 aromatic heterocycles. The molecular formula is C15H17NO3. The van der Waals surface area contributed by atoms with Crippen LogP contribution in [0.25, 0.3) is 0 Å². The van der Waals surface area contributed by atoms with Gasteiger partial charge in [-0.3, -0.25) is 4.79 Å². The molecule has 1 heterocycles. The molecule has 1 spiro atoms. The van der Waals surface area contributed by atoms with Gasteiger partial charge in [0.2, 0.25) is 5.91 Å².